The van der Waals surface area contributed by atoms with E-state index in [4.69, 9.17) is 5.73 Å². The number of aliphatic imine (C=N–C) groups is 1. The van der Waals surface area contributed by atoms with E-state index in [0.29, 0.717) is 6.42 Å². The summed E-state index contributed by atoms with van der Waals surface area (Å²) in [7, 11) is 1.69. The highest BCUT2D eigenvalue weighted by molar-refractivity contribution is 6.13. The van der Waals surface area contributed by atoms with Crippen LogP contribution in [0.5, 0.6) is 0 Å². The highest BCUT2D eigenvalue weighted by Gasteiger charge is 2.32. The van der Waals surface area contributed by atoms with E-state index >= 15 is 0 Å². The largest absolute Gasteiger partial charge is 0.370 e. The Labute approximate surface area is 192 Å². The lowest BCUT2D eigenvalue weighted by molar-refractivity contribution is -0.132. The molecule has 32 heavy (non-hydrogen) atoms. The highest BCUT2D eigenvalue weighted by atomic mass is 16.2. The van der Waals surface area contributed by atoms with Gasteiger partial charge in [-0.3, -0.25) is 19.4 Å². The summed E-state index contributed by atoms with van der Waals surface area (Å²) in [5.41, 5.74) is 7.82. The van der Waals surface area contributed by atoms with Gasteiger partial charge in [0.1, 0.15) is 0 Å². The van der Waals surface area contributed by atoms with Crippen LogP contribution < -0.4 is 16.0 Å². The minimum atomic E-state index is -1.02. The van der Waals surface area contributed by atoms with Crippen LogP contribution in [0.15, 0.2) is 41.9 Å². The smallest absolute Gasteiger partial charge is 0.272 e. The summed E-state index contributed by atoms with van der Waals surface area (Å²) in [6, 6.07) is 7.63. The van der Waals surface area contributed by atoms with Crippen LogP contribution in [-0.4, -0.2) is 36.6 Å². The minimum absolute atomic E-state index is 0.0482. The van der Waals surface area contributed by atoms with Crippen molar-refractivity contribution >= 4 is 29.1 Å². The van der Waals surface area contributed by atoms with Crippen molar-refractivity contribution in [2.45, 2.75) is 66.0 Å². The van der Waals surface area contributed by atoms with Crippen molar-refractivity contribution in [2.24, 2.45) is 22.6 Å². The lowest BCUT2D eigenvalue weighted by Gasteiger charge is -2.23. The van der Waals surface area contributed by atoms with E-state index in [-0.39, 0.29) is 24.2 Å². The maximum absolute atomic E-state index is 13.0. The molecule has 176 valence electrons. The van der Waals surface area contributed by atoms with Crippen molar-refractivity contribution in [3.63, 3.8) is 0 Å². The van der Waals surface area contributed by atoms with Crippen LogP contribution in [0.1, 0.15) is 65.4 Å². The number of rotatable bonds is 9. The van der Waals surface area contributed by atoms with Gasteiger partial charge in [0.15, 0.2) is 0 Å². The molecule has 0 saturated heterocycles. The van der Waals surface area contributed by atoms with Gasteiger partial charge in [-0.15, -0.1) is 6.58 Å². The average Bonchev–Trinajstić information content (AvgIpc) is 2.82. The summed E-state index contributed by atoms with van der Waals surface area (Å²) in [5, 5.41) is 2.77. The molecular formula is C25H38N4O3. The maximum Gasteiger partial charge on any atom is 0.272 e. The second kappa shape index (κ2) is 13.5. The molecule has 3 amide bonds. The van der Waals surface area contributed by atoms with Gasteiger partial charge in [0.25, 0.3) is 5.91 Å². The monoisotopic (exact) mass is 442 g/mol. The number of likely N-dealkylation sites (N-methyl/N-ethyl adjacent to an activating group) is 1. The molecule has 7 heteroatoms. The zero-order valence-electron chi connectivity index (χ0n) is 20.1. The van der Waals surface area contributed by atoms with Crippen molar-refractivity contribution in [1.29, 1.82) is 0 Å². The molecule has 0 fully saturated rings. The van der Waals surface area contributed by atoms with Crippen LogP contribution >= 0.6 is 0 Å². The number of benzene rings is 1. The lowest BCUT2D eigenvalue weighted by atomic mass is 9.93. The van der Waals surface area contributed by atoms with Gasteiger partial charge in [0.05, 0.1) is 5.69 Å². The highest BCUT2D eigenvalue weighted by Crippen LogP contribution is 2.26. The number of carbonyl (C=O) groups is 3. The van der Waals surface area contributed by atoms with E-state index in [2.05, 4.69) is 23.8 Å². The third-order valence-corrected chi connectivity index (χ3v) is 5.05. The van der Waals surface area contributed by atoms with Crippen molar-refractivity contribution in [1.82, 2.24) is 5.32 Å². The quantitative estimate of drug-likeness (QED) is 0.568. The normalized spacial score (nSPS) is 16.2. The van der Waals surface area contributed by atoms with E-state index in [1.807, 2.05) is 45.0 Å². The van der Waals surface area contributed by atoms with Gasteiger partial charge < -0.3 is 16.0 Å². The first-order valence-corrected chi connectivity index (χ1v) is 11.2. The third kappa shape index (κ3) is 7.94. The topological polar surface area (TPSA) is 105 Å². The number of anilines is 1. The van der Waals surface area contributed by atoms with Gasteiger partial charge in [0, 0.05) is 30.7 Å². The Morgan fingerprint density at radius 2 is 1.94 bits per heavy atom. The van der Waals surface area contributed by atoms with E-state index in [1.54, 1.807) is 13.1 Å². The standard InChI is InChI=1S/C22H32N4O3.C3H6/c1-5-6-10-17-16-9-7-8-11-18(16)26(4)22(29)20(24-17)25-21(28)15(12-14(2)3)13-19(23)27;1-3-2/h7-9,11,14-15,20H,5-6,10,12-13H2,1-4H3,(H2,23,27)(H,25,28);3H,1H2,2H3. The van der Waals surface area contributed by atoms with Gasteiger partial charge >= 0.3 is 0 Å². The molecule has 0 aromatic heterocycles. The fourth-order valence-electron chi connectivity index (χ4n) is 3.58. The van der Waals surface area contributed by atoms with Crippen molar-refractivity contribution in [3.8, 4) is 0 Å². The molecule has 2 unspecified atom stereocenters. The number of benzodiazepines with no additional fused rings is 1. The van der Waals surface area contributed by atoms with Gasteiger partial charge in [-0.05, 0) is 38.2 Å². The number of fused-ring (bicyclic) bond motifs is 1. The number of hydrogen-bond acceptors (Lipinski definition) is 4. The number of hydrogen-bond donors (Lipinski definition) is 2. The van der Waals surface area contributed by atoms with Crippen LogP contribution in [0.25, 0.3) is 0 Å². The Hall–Kier alpha value is -2.96. The van der Waals surface area contributed by atoms with Crippen LogP contribution in [0.2, 0.25) is 0 Å². The molecule has 1 heterocycles. The van der Waals surface area contributed by atoms with Crippen molar-refractivity contribution < 1.29 is 14.4 Å². The van der Waals surface area contributed by atoms with Crippen LogP contribution in [0.3, 0.4) is 0 Å². The molecule has 3 N–H and O–H groups in total. The van der Waals surface area contributed by atoms with Gasteiger partial charge in [-0.1, -0.05) is 51.5 Å². The van der Waals surface area contributed by atoms with Crippen molar-refractivity contribution in [3.05, 3.63) is 42.5 Å². The summed E-state index contributed by atoms with van der Waals surface area (Å²) in [6.07, 6.45) is 3.85. The third-order valence-electron chi connectivity index (χ3n) is 5.05. The first-order chi connectivity index (χ1) is 15.2. The van der Waals surface area contributed by atoms with Gasteiger partial charge in [0.2, 0.25) is 18.0 Å². The minimum Gasteiger partial charge on any atom is -0.370 e. The summed E-state index contributed by atoms with van der Waals surface area (Å²) in [4.78, 5) is 43.5. The molecule has 2 atom stereocenters. The van der Waals surface area contributed by atoms with E-state index in [0.717, 1.165) is 36.2 Å². The summed E-state index contributed by atoms with van der Waals surface area (Å²) < 4.78 is 0. The maximum atomic E-state index is 13.0. The van der Waals surface area contributed by atoms with E-state index in [9.17, 15) is 14.4 Å². The summed E-state index contributed by atoms with van der Waals surface area (Å²) in [5.74, 6) is -1.57. The number of carbonyl (C=O) groups excluding carboxylic acids is 3. The molecule has 0 spiro atoms. The molecule has 1 aromatic rings. The number of amides is 3. The molecular weight excluding hydrogens is 404 g/mol. The summed E-state index contributed by atoms with van der Waals surface area (Å²) >= 11 is 0. The number of para-hydroxylation sites is 1. The predicted octanol–water partition coefficient (Wildman–Crippen LogP) is 3.81. The average molecular weight is 443 g/mol. The molecule has 0 radical (unpaired) electrons. The second-order valence-corrected chi connectivity index (χ2v) is 8.41. The molecule has 1 aliphatic rings. The molecule has 2 rings (SSSR count). The fourth-order valence-corrected chi connectivity index (χ4v) is 3.58. The number of nitrogens with two attached hydrogens (primary N) is 1. The Balaban J connectivity index is 0.00000161. The zero-order chi connectivity index (χ0) is 24.3. The van der Waals surface area contributed by atoms with Crippen molar-refractivity contribution in [2.75, 3.05) is 11.9 Å². The fraction of sp³-hybridized carbons (Fsp3) is 0.520. The Morgan fingerprint density at radius 1 is 1.31 bits per heavy atom. The first-order valence-electron chi connectivity index (χ1n) is 11.2. The van der Waals surface area contributed by atoms with E-state index < -0.39 is 18.0 Å². The van der Waals surface area contributed by atoms with Crippen LogP contribution in [0.4, 0.5) is 5.69 Å². The van der Waals surface area contributed by atoms with Crippen LogP contribution in [0, 0.1) is 11.8 Å². The number of unbranched alkanes of at least 4 members (excludes halogenated alkanes) is 1. The number of nitrogens with one attached hydrogen (secondary N) is 1. The lowest BCUT2D eigenvalue weighted by Crippen LogP contribution is -2.48. The Morgan fingerprint density at radius 3 is 2.50 bits per heavy atom. The Kier molecular flexibility index (Phi) is 11.4. The molecule has 0 bridgehead atoms. The number of allylic oxidation sites excluding steroid dienone is 1. The predicted molar refractivity (Wildman–Crippen MR) is 130 cm³/mol. The second-order valence-electron chi connectivity index (χ2n) is 8.41. The van der Waals surface area contributed by atoms with E-state index in [1.165, 1.54) is 4.90 Å². The molecule has 0 saturated carbocycles. The molecule has 1 aliphatic heterocycles. The number of nitrogens with zero attached hydrogens (tertiary/aromatic N) is 2. The molecule has 1 aromatic carbocycles. The summed E-state index contributed by atoms with van der Waals surface area (Å²) in [6.45, 7) is 11.3. The molecule has 7 nitrogen and oxygen atoms in total. The zero-order valence-corrected chi connectivity index (χ0v) is 20.1. The SMILES string of the molecule is C=CC.CCCCC1=NC(NC(=O)C(CC(N)=O)CC(C)C)C(=O)N(C)c2ccccc21. The molecule has 0 aliphatic carbocycles. The number of primary amides is 1. The Bertz CT molecular complexity index is 832. The van der Waals surface area contributed by atoms with Gasteiger partial charge in [-0.2, -0.15) is 0 Å². The first kappa shape index (κ1) is 27.1. The van der Waals surface area contributed by atoms with Crippen LogP contribution in [-0.2, 0) is 14.4 Å². The van der Waals surface area contributed by atoms with Gasteiger partial charge in [-0.25, -0.2) is 0 Å².